The first kappa shape index (κ1) is 44.1. The molecule has 0 saturated carbocycles. The number of unbranched alkanes of at least 4 members (excludes halogenated alkanes) is 1. The lowest BCUT2D eigenvalue weighted by molar-refractivity contribution is -0.121. The molecule has 3 aliphatic rings. The van der Waals surface area contributed by atoms with Crippen LogP contribution in [0.2, 0.25) is 0 Å². The fourth-order valence-corrected chi connectivity index (χ4v) is 11.3. The molecule has 0 bridgehead atoms. The van der Waals surface area contributed by atoms with E-state index < -0.39 is 5.91 Å². The van der Waals surface area contributed by atoms with Crippen LogP contribution in [0.1, 0.15) is 54.4 Å². The Morgan fingerprint density at radius 3 is 2.46 bits per heavy atom. The number of benzene rings is 2. The van der Waals surface area contributed by atoms with E-state index in [2.05, 4.69) is 52.2 Å². The first-order valence-corrected chi connectivity index (χ1v) is 25.1. The third-order valence-electron chi connectivity index (χ3n) is 9.72. The van der Waals surface area contributed by atoms with Crippen molar-refractivity contribution >= 4 is 107 Å². The maximum absolute atomic E-state index is 13.6. The Labute approximate surface area is 373 Å². The van der Waals surface area contributed by atoms with Gasteiger partial charge in [-0.15, -0.1) is 22.7 Å². The van der Waals surface area contributed by atoms with Gasteiger partial charge in [-0.2, -0.15) is 27.0 Å². The highest BCUT2D eigenvalue weighted by Gasteiger charge is 2.42. The molecule has 6 N–H and O–H groups in total. The molecule has 2 fully saturated rings. The highest BCUT2D eigenvalue weighted by atomic mass is 33.1. The van der Waals surface area contributed by atoms with Crippen LogP contribution in [0.3, 0.4) is 0 Å². The molecule has 7 rings (SSSR count). The second-order valence-electron chi connectivity index (χ2n) is 14.0. The van der Waals surface area contributed by atoms with Gasteiger partial charge in [0.15, 0.2) is 5.71 Å². The number of hydrazone groups is 2. The van der Waals surface area contributed by atoms with Crippen molar-refractivity contribution in [1.82, 2.24) is 36.6 Å². The largest absolute Gasteiger partial charge is 0.356 e. The SMILES string of the molecule is O=C(CCCCC1SCC2NC(=O)NC21)NCCSSCCC(=O)NCCCNC(=O)c1ccc(-c2csc(N3N=C(c4ccccc4)/C(=N/Nc4nccs4)C3=O)n2)cc1. The fourth-order valence-electron chi connectivity index (χ4n) is 6.64. The van der Waals surface area contributed by atoms with Crippen LogP contribution in [0.4, 0.5) is 15.1 Å². The Hall–Kier alpha value is -4.96. The summed E-state index contributed by atoms with van der Waals surface area (Å²) in [6.07, 6.45) is 5.93. The molecule has 320 valence electrons. The summed E-state index contributed by atoms with van der Waals surface area (Å²) in [5.41, 5.74) is 6.05. The first-order chi connectivity index (χ1) is 29.8. The van der Waals surface area contributed by atoms with Crippen molar-refractivity contribution in [3.05, 3.63) is 82.7 Å². The number of hydrogen-bond acceptors (Lipinski definition) is 15. The van der Waals surface area contributed by atoms with Gasteiger partial charge in [-0.05, 0) is 31.4 Å². The molecule has 16 nitrogen and oxygen atoms in total. The molecule has 21 heteroatoms. The highest BCUT2D eigenvalue weighted by Crippen LogP contribution is 2.34. The molecule has 3 atom stereocenters. The number of anilines is 2. The minimum absolute atomic E-state index is 0.0403. The lowest BCUT2D eigenvalue weighted by Gasteiger charge is -2.16. The van der Waals surface area contributed by atoms with Crippen molar-refractivity contribution in [2.75, 3.05) is 47.3 Å². The van der Waals surface area contributed by atoms with Crippen molar-refractivity contribution in [3.8, 4) is 11.3 Å². The van der Waals surface area contributed by atoms with E-state index in [4.69, 9.17) is 0 Å². The number of carbonyl (C=O) groups excluding carboxylic acids is 5. The van der Waals surface area contributed by atoms with Crippen LogP contribution in [0.5, 0.6) is 0 Å². The van der Waals surface area contributed by atoms with E-state index in [1.807, 2.05) is 52.9 Å². The molecule has 0 radical (unpaired) electrons. The predicted octanol–water partition coefficient (Wildman–Crippen LogP) is 5.34. The topological polar surface area (TPSA) is 211 Å². The maximum atomic E-state index is 13.6. The summed E-state index contributed by atoms with van der Waals surface area (Å²) in [6.45, 7) is 1.45. The minimum atomic E-state index is -0.421. The van der Waals surface area contributed by atoms with Crippen LogP contribution in [0, 0.1) is 0 Å². The average molecular weight is 920 g/mol. The molecule has 5 heterocycles. The summed E-state index contributed by atoms with van der Waals surface area (Å²) < 4.78 is 0. The van der Waals surface area contributed by atoms with Gasteiger partial charge in [-0.25, -0.2) is 14.8 Å². The fraction of sp³-hybridized carbons (Fsp3) is 0.375. The number of amides is 6. The zero-order valence-electron chi connectivity index (χ0n) is 33.0. The van der Waals surface area contributed by atoms with E-state index in [0.29, 0.717) is 77.1 Å². The maximum Gasteiger partial charge on any atom is 0.315 e. The average Bonchev–Trinajstić information content (AvgIpc) is 4.13. The number of carbonyl (C=O) groups is 5. The number of nitrogens with one attached hydrogen (secondary N) is 6. The summed E-state index contributed by atoms with van der Waals surface area (Å²) in [4.78, 5) is 71.2. The molecule has 0 aliphatic carbocycles. The van der Waals surface area contributed by atoms with E-state index in [1.165, 1.54) is 27.7 Å². The number of rotatable bonds is 22. The summed E-state index contributed by atoms with van der Waals surface area (Å²) in [5, 5.41) is 29.9. The second kappa shape index (κ2) is 22.2. The van der Waals surface area contributed by atoms with E-state index in [0.717, 1.165) is 41.9 Å². The van der Waals surface area contributed by atoms with Crippen molar-refractivity contribution in [3.63, 3.8) is 0 Å². The monoisotopic (exact) mass is 919 g/mol. The molecule has 2 saturated heterocycles. The van der Waals surface area contributed by atoms with Gasteiger partial charge in [-0.1, -0.05) is 70.5 Å². The lowest BCUT2D eigenvalue weighted by Crippen LogP contribution is -2.36. The van der Waals surface area contributed by atoms with Gasteiger partial charge >= 0.3 is 11.9 Å². The summed E-state index contributed by atoms with van der Waals surface area (Å²) >= 11 is 4.53. The van der Waals surface area contributed by atoms with E-state index in [1.54, 1.807) is 52.1 Å². The van der Waals surface area contributed by atoms with Gasteiger partial charge < -0.3 is 26.6 Å². The second-order valence-corrected chi connectivity index (χ2v) is 19.7. The molecular weight excluding hydrogens is 875 g/mol. The summed E-state index contributed by atoms with van der Waals surface area (Å²) in [7, 11) is 3.24. The van der Waals surface area contributed by atoms with Gasteiger partial charge in [0.05, 0.1) is 17.8 Å². The van der Waals surface area contributed by atoms with Crippen molar-refractivity contribution in [1.29, 1.82) is 0 Å². The molecule has 3 unspecified atom stereocenters. The van der Waals surface area contributed by atoms with Gasteiger partial charge in [0.25, 0.3) is 5.91 Å². The first-order valence-electron chi connectivity index (χ1n) is 19.8. The number of urea groups is 1. The van der Waals surface area contributed by atoms with Crippen LogP contribution in [-0.2, 0) is 14.4 Å². The number of fused-ring (bicyclic) bond motifs is 1. The highest BCUT2D eigenvalue weighted by molar-refractivity contribution is 8.76. The number of thiazole rings is 2. The Kier molecular flexibility index (Phi) is 16.1. The van der Waals surface area contributed by atoms with Crippen molar-refractivity contribution < 1.29 is 24.0 Å². The molecular formula is C40H45N11O5S5. The number of aromatic nitrogens is 2. The van der Waals surface area contributed by atoms with Crippen LogP contribution in [-0.4, -0.2) is 105 Å². The van der Waals surface area contributed by atoms with Crippen molar-refractivity contribution in [2.45, 2.75) is 55.9 Å². The molecule has 2 aromatic carbocycles. The molecule has 0 spiro atoms. The zero-order chi connectivity index (χ0) is 42.4. The van der Waals surface area contributed by atoms with Gasteiger partial charge in [-0.3, -0.25) is 24.6 Å². The van der Waals surface area contributed by atoms with Gasteiger partial charge in [0.2, 0.25) is 22.1 Å². The summed E-state index contributed by atoms with van der Waals surface area (Å²) in [6, 6.07) is 16.8. The Morgan fingerprint density at radius 1 is 0.852 bits per heavy atom. The predicted molar refractivity (Wildman–Crippen MR) is 248 cm³/mol. The van der Waals surface area contributed by atoms with E-state index >= 15 is 0 Å². The molecule has 2 aromatic heterocycles. The molecule has 6 amide bonds. The normalized spacial score (nSPS) is 18.7. The number of hydrogen-bond donors (Lipinski definition) is 6. The van der Waals surface area contributed by atoms with Crippen molar-refractivity contribution in [2.24, 2.45) is 10.2 Å². The Bertz CT molecular complexity index is 2210. The number of thioether (sulfide) groups is 1. The summed E-state index contributed by atoms with van der Waals surface area (Å²) in [5.74, 6) is 1.75. The lowest BCUT2D eigenvalue weighted by atomic mass is 10.0. The zero-order valence-corrected chi connectivity index (χ0v) is 37.0. The minimum Gasteiger partial charge on any atom is -0.356 e. The van der Waals surface area contributed by atoms with Crippen LogP contribution < -0.4 is 37.0 Å². The number of nitrogens with zero attached hydrogens (tertiary/aromatic N) is 5. The van der Waals surface area contributed by atoms with Gasteiger partial charge in [0.1, 0.15) is 5.71 Å². The van der Waals surface area contributed by atoms with Crippen LogP contribution >= 0.6 is 56.0 Å². The molecule has 3 aliphatic heterocycles. The third kappa shape index (κ3) is 12.3. The molecule has 4 aromatic rings. The van der Waals surface area contributed by atoms with Crippen LogP contribution in [0.15, 0.2) is 81.8 Å². The third-order valence-corrected chi connectivity index (χ3v) is 15.1. The standard InChI is InChI=1S/C40H45N11O5S5/c52-31(10-5-4-9-30-34-29(24-58-30)45-38(56)47-34)42-19-22-61-60-20-15-32(53)41-16-6-17-43-36(54)27-13-11-25(12-14-27)28-23-59-40(46-28)51-37(55)35(48-49-39-44-18-21-57-39)33(50-51)26-7-2-1-3-8-26/h1-3,7-8,11-14,18,21,23,29-30,34H,4-6,9-10,15-17,19-20,22,24H2,(H,41,53)(H,42,52)(H,43,54)(H,44,49)(H2,45,47,56)/b48-35-. The van der Waals surface area contributed by atoms with E-state index in [-0.39, 0.29) is 41.5 Å². The molecule has 61 heavy (non-hydrogen) atoms. The van der Waals surface area contributed by atoms with E-state index in [9.17, 15) is 24.0 Å². The van der Waals surface area contributed by atoms with Gasteiger partial charge in [0, 0.05) is 88.6 Å². The Balaban J connectivity index is 0.738. The Morgan fingerprint density at radius 2 is 1.64 bits per heavy atom. The van der Waals surface area contributed by atoms with Crippen LogP contribution in [0.25, 0.3) is 11.3 Å². The quantitative estimate of drug-likeness (QED) is 0.0257. The smallest absolute Gasteiger partial charge is 0.315 e.